The van der Waals surface area contributed by atoms with Gasteiger partial charge >= 0.3 is 5.97 Å². The molecule has 0 atom stereocenters. The molecule has 0 aliphatic heterocycles. The van der Waals surface area contributed by atoms with Crippen LogP contribution < -0.4 is 4.74 Å². The summed E-state index contributed by atoms with van der Waals surface area (Å²) >= 11 is 0. The molecular weight excluding hydrogens is 240 g/mol. The van der Waals surface area contributed by atoms with Gasteiger partial charge in [0.1, 0.15) is 5.75 Å². The van der Waals surface area contributed by atoms with Gasteiger partial charge in [0.25, 0.3) is 0 Å². The second kappa shape index (κ2) is 6.09. The maximum absolute atomic E-state index is 11.0. The van der Waals surface area contributed by atoms with Crippen LogP contribution in [0, 0.1) is 12.3 Å². The molecule has 0 spiro atoms. The molecule has 0 saturated heterocycles. The highest BCUT2D eigenvalue weighted by atomic mass is 16.5. The normalized spacial score (nSPS) is 11.7. The van der Waals surface area contributed by atoms with E-state index in [0.29, 0.717) is 18.9 Å². The van der Waals surface area contributed by atoms with Gasteiger partial charge in [0.15, 0.2) is 0 Å². The first-order chi connectivity index (χ1) is 8.74. The van der Waals surface area contributed by atoms with Crippen LogP contribution in [0.15, 0.2) is 18.2 Å². The number of aryl methyl sites for hydroxylation is 1. The molecule has 0 fully saturated rings. The molecular formula is C16H24O3. The summed E-state index contributed by atoms with van der Waals surface area (Å²) in [5.74, 6) is 0.519. The highest BCUT2D eigenvalue weighted by Crippen LogP contribution is 2.25. The van der Waals surface area contributed by atoms with Crippen molar-refractivity contribution in [3.63, 3.8) is 0 Å². The van der Waals surface area contributed by atoms with Crippen LogP contribution in [0.1, 0.15) is 51.2 Å². The summed E-state index contributed by atoms with van der Waals surface area (Å²) in [6.07, 6.45) is 0.493. The van der Waals surface area contributed by atoms with Crippen molar-refractivity contribution in [1.82, 2.24) is 0 Å². The highest BCUT2D eigenvalue weighted by molar-refractivity contribution is 5.73. The van der Waals surface area contributed by atoms with Gasteiger partial charge in [-0.25, -0.2) is 0 Å². The second-order valence-corrected chi connectivity index (χ2v) is 5.96. The van der Waals surface area contributed by atoms with Crippen LogP contribution >= 0.6 is 0 Å². The lowest BCUT2D eigenvalue weighted by Crippen LogP contribution is -2.25. The van der Waals surface area contributed by atoms with E-state index in [-0.39, 0.29) is 0 Å². The summed E-state index contributed by atoms with van der Waals surface area (Å²) in [5, 5.41) is 9.02. The number of rotatable bonds is 6. The standard InChI is InChI=1S/C16H24O3/c1-11(2)14-7-6-13(10-12(14)3)19-9-8-16(4,5)15(17)18/h6-7,10-11H,8-9H2,1-5H3,(H,17,18). The Labute approximate surface area is 115 Å². The summed E-state index contributed by atoms with van der Waals surface area (Å²) in [5.41, 5.74) is 1.79. The number of ether oxygens (including phenoxy) is 1. The maximum Gasteiger partial charge on any atom is 0.309 e. The maximum atomic E-state index is 11.0. The zero-order chi connectivity index (χ0) is 14.6. The van der Waals surface area contributed by atoms with Crippen molar-refractivity contribution in [3.8, 4) is 5.75 Å². The summed E-state index contributed by atoms with van der Waals surface area (Å²) in [4.78, 5) is 11.0. The fourth-order valence-corrected chi connectivity index (χ4v) is 1.92. The molecule has 0 saturated carbocycles. The SMILES string of the molecule is Cc1cc(OCCC(C)(C)C(=O)O)ccc1C(C)C. The topological polar surface area (TPSA) is 46.5 Å². The van der Waals surface area contributed by atoms with E-state index in [4.69, 9.17) is 9.84 Å². The molecule has 0 bridgehead atoms. The van der Waals surface area contributed by atoms with Gasteiger partial charge in [0, 0.05) is 0 Å². The second-order valence-electron chi connectivity index (χ2n) is 5.96. The summed E-state index contributed by atoms with van der Waals surface area (Å²) in [7, 11) is 0. The number of aliphatic carboxylic acids is 1. The van der Waals surface area contributed by atoms with E-state index < -0.39 is 11.4 Å². The molecule has 3 nitrogen and oxygen atoms in total. The lowest BCUT2D eigenvalue weighted by atomic mass is 9.90. The smallest absolute Gasteiger partial charge is 0.309 e. The van der Waals surface area contributed by atoms with Gasteiger partial charge in [-0.1, -0.05) is 19.9 Å². The summed E-state index contributed by atoms with van der Waals surface area (Å²) in [6.45, 7) is 10.2. The van der Waals surface area contributed by atoms with E-state index >= 15 is 0 Å². The first-order valence-electron chi connectivity index (χ1n) is 6.71. The van der Waals surface area contributed by atoms with Crippen LogP contribution in [-0.2, 0) is 4.79 Å². The van der Waals surface area contributed by atoms with E-state index in [1.807, 2.05) is 12.1 Å². The molecule has 0 aliphatic carbocycles. The molecule has 19 heavy (non-hydrogen) atoms. The van der Waals surface area contributed by atoms with Crippen LogP contribution in [0.2, 0.25) is 0 Å². The highest BCUT2D eigenvalue weighted by Gasteiger charge is 2.26. The van der Waals surface area contributed by atoms with Gasteiger partial charge in [-0.05, 0) is 56.4 Å². The zero-order valence-corrected chi connectivity index (χ0v) is 12.5. The number of hydrogen-bond acceptors (Lipinski definition) is 2. The molecule has 3 heteroatoms. The van der Waals surface area contributed by atoms with E-state index in [0.717, 1.165) is 5.75 Å². The average Bonchev–Trinajstić information content (AvgIpc) is 2.28. The number of carboxylic acids is 1. The molecule has 1 aromatic rings. The first-order valence-corrected chi connectivity index (χ1v) is 6.71. The fraction of sp³-hybridized carbons (Fsp3) is 0.562. The van der Waals surface area contributed by atoms with Gasteiger partial charge in [0.05, 0.1) is 12.0 Å². The fourth-order valence-electron chi connectivity index (χ4n) is 1.92. The minimum Gasteiger partial charge on any atom is -0.494 e. The predicted molar refractivity (Wildman–Crippen MR) is 76.8 cm³/mol. The number of hydrogen-bond donors (Lipinski definition) is 1. The predicted octanol–water partition coefficient (Wildman–Crippen LogP) is 4.00. The van der Waals surface area contributed by atoms with E-state index in [2.05, 4.69) is 26.8 Å². The van der Waals surface area contributed by atoms with Crippen LogP contribution in [0.3, 0.4) is 0 Å². The Morgan fingerprint density at radius 2 is 2.00 bits per heavy atom. The third-order valence-corrected chi connectivity index (χ3v) is 3.44. The minimum absolute atomic E-state index is 0.416. The van der Waals surface area contributed by atoms with Crippen molar-refractivity contribution in [2.45, 2.75) is 47.0 Å². The van der Waals surface area contributed by atoms with Crippen molar-refractivity contribution in [3.05, 3.63) is 29.3 Å². The first kappa shape index (κ1) is 15.5. The number of carbonyl (C=O) groups is 1. The van der Waals surface area contributed by atoms with Crippen molar-refractivity contribution in [2.75, 3.05) is 6.61 Å². The molecule has 0 heterocycles. The van der Waals surface area contributed by atoms with Crippen LogP contribution in [0.5, 0.6) is 5.75 Å². The molecule has 106 valence electrons. The van der Waals surface area contributed by atoms with Crippen molar-refractivity contribution < 1.29 is 14.6 Å². The van der Waals surface area contributed by atoms with Gasteiger partial charge in [-0.15, -0.1) is 0 Å². The monoisotopic (exact) mass is 264 g/mol. The van der Waals surface area contributed by atoms with Gasteiger partial charge in [0.2, 0.25) is 0 Å². The largest absolute Gasteiger partial charge is 0.494 e. The van der Waals surface area contributed by atoms with Crippen LogP contribution in [0.4, 0.5) is 0 Å². The summed E-state index contributed by atoms with van der Waals surface area (Å²) < 4.78 is 5.64. The number of carboxylic acid groups (broad SMARTS) is 1. The van der Waals surface area contributed by atoms with Crippen molar-refractivity contribution in [2.24, 2.45) is 5.41 Å². The number of benzene rings is 1. The van der Waals surface area contributed by atoms with Crippen molar-refractivity contribution >= 4 is 5.97 Å². The molecule has 0 unspecified atom stereocenters. The Bertz CT molecular complexity index is 447. The molecule has 0 amide bonds. The summed E-state index contributed by atoms with van der Waals surface area (Å²) in [6, 6.07) is 6.05. The van der Waals surface area contributed by atoms with Crippen molar-refractivity contribution in [1.29, 1.82) is 0 Å². The third-order valence-electron chi connectivity index (χ3n) is 3.44. The van der Waals surface area contributed by atoms with Gasteiger partial charge in [-0.3, -0.25) is 4.79 Å². The quantitative estimate of drug-likeness (QED) is 0.844. The van der Waals surface area contributed by atoms with E-state index in [1.54, 1.807) is 13.8 Å². The van der Waals surface area contributed by atoms with E-state index in [1.165, 1.54) is 11.1 Å². The Morgan fingerprint density at radius 3 is 2.47 bits per heavy atom. The molecule has 0 radical (unpaired) electrons. The third kappa shape index (κ3) is 4.27. The van der Waals surface area contributed by atoms with Gasteiger partial charge in [-0.2, -0.15) is 0 Å². The Balaban J connectivity index is 2.60. The van der Waals surface area contributed by atoms with E-state index in [9.17, 15) is 4.79 Å². The Kier molecular flexibility index (Phi) is 4.98. The molecule has 0 aliphatic rings. The molecule has 1 rings (SSSR count). The molecule has 1 aromatic carbocycles. The average molecular weight is 264 g/mol. The Morgan fingerprint density at radius 1 is 1.37 bits per heavy atom. The molecule has 1 N–H and O–H groups in total. The van der Waals surface area contributed by atoms with Gasteiger partial charge < -0.3 is 9.84 Å². The lowest BCUT2D eigenvalue weighted by molar-refractivity contribution is -0.147. The minimum atomic E-state index is -0.789. The molecule has 0 aromatic heterocycles. The van der Waals surface area contributed by atoms with Crippen LogP contribution in [0.25, 0.3) is 0 Å². The lowest BCUT2D eigenvalue weighted by Gasteiger charge is -2.19. The van der Waals surface area contributed by atoms with Crippen LogP contribution in [-0.4, -0.2) is 17.7 Å². The zero-order valence-electron chi connectivity index (χ0n) is 12.5. The Hall–Kier alpha value is -1.51.